The molecule has 8 nitrogen and oxygen atoms in total. The molecule has 0 amide bonds. The number of hydrogen-bond donors (Lipinski definition) is 3. The van der Waals surface area contributed by atoms with Gasteiger partial charge in [0, 0.05) is 21.5 Å². The zero-order valence-electron chi connectivity index (χ0n) is 13.7. The summed E-state index contributed by atoms with van der Waals surface area (Å²) >= 11 is 5.87. The zero-order valence-corrected chi connectivity index (χ0v) is 14.4. The molecule has 0 saturated heterocycles. The Hall–Kier alpha value is -3.83. The number of nitrogen functional groups attached to an aromatic ring is 3. The molecule has 0 aliphatic carbocycles. The van der Waals surface area contributed by atoms with Crippen LogP contribution in [0.15, 0.2) is 34.9 Å². The Labute approximate surface area is 157 Å². The van der Waals surface area contributed by atoms with E-state index in [1.807, 2.05) is 6.07 Å². The predicted octanol–water partition coefficient (Wildman–Crippen LogP) is 2.88. The van der Waals surface area contributed by atoms with Gasteiger partial charge in [-0.1, -0.05) is 16.8 Å². The summed E-state index contributed by atoms with van der Waals surface area (Å²) < 4.78 is 5.04. The fraction of sp³-hybridized carbons (Fsp3) is 0. The first-order chi connectivity index (χ1) is 12.9. The van der Waals surface area contributed by atoms with E-state index in [1.54, 1.807) is 24.3 Å². The first-order valence-electron chi connectivity index (χ1n) is 7.69. The number of benzene rings is 2. The van der Waals surface area contributed by atoms with Crippen molar-refractivity contribution in [2.45, 2.75) is 0 Å². The number of anilines is 3. The third-order valence-electron chi connectivity index (χ3n) is 4.26. The Bertz CT molecular complexity index is 1290. The summed E-state index contributed by atoms with van der Waals surface area (Å²) in [6.07, 6.45) is 0. The minimum absolute atomic E-state index is 0.0456. The first kappa shape index (κ1) is 16.6. The lowest BCUT2D eigenvalue weighted by Gasteiger charge is -2.12. The predicted molar refractivity (Wildman–Crippen MR) is 102 cm³/mol. The van der Waals surface area contributed by atoms with Crippen LogP contribution in [0.1, 0.15) is 21.5 Å². The number of nitriles is 1. The summed E-state index contributed by atoms with van der Waals surface area (Å²) in [6, 6.07) is 9.72. The van der Waals surface area contributed by atoms with Crippen LogP contribution in [0.3, 0.4) is 0 Å². The first-order valence-corrected chi connectivity index (χ1v) is 8.07. The van der Waals surface area contributed by atoms with Crippen molar-refractivity contribution in [1.82, 2.24) is 10.1 Å². The molecule has 0 bridgehead atoms. The number of nitrogens with two attached hydrogens (primary N) is 3. The number of halogens is 1. The third-order valence-corrected chi connectivity index (χ3v) is 4.52. The van der Waals surface area contributed by atoms with Crippen LogP contribution in [0.25, 0.3) is 22.0 Å². The summed E-state index contributed by atoms with van der Waals surface area (Å²) in [4.78, 5) is 17.2. The summed E-state index contributed by atoms with van der Waals surface area (Å²) in [5.41, 5.74) is 19.4. The average molecular weight is 379 g/mol. The quantitative estimate of drug-likeness (QED) is 0.354. The Kier molecular flexibility index (Phi) is 3.61. The van der Waals surface area contributed by atoms with E-state index in [2.05, 4.69) is 10.1 Å². The van der Waals surface area contributed by atoms with E-state index in [-0.39, 0.29) is 56.1 Å². The normalized spacial score (nSPS) is 11.0. The molecular weight excluding hydrogens is 368 g/mol. The summed E-state index contributed by atoms with van der Waals surface area (Å²) in [6.45, 7) is 0. The van der Waals surface area contributed by atoms with Crippen molar-refractivity contribution in [3.05, 3.63) is 52.0 Å². The lowest BCUT2D eigenvalue weighted by Crippen LogP contribution is -2.08. The van der Waals surface area contributed by atoms with Gasteiger partial charge in [0.25, 0.3) is 5.71 Å². The second-order valence-corrected chi connectivity index (χ2v) is 6.27. The maximum Gasteiger partial charge on any atom is 0.262 e. The van der Waals surface area contributed by atoms with Crippen molar-refractivity contribution in [2.75, 3.05) is 17.2 Å². The number of fused-ring (bicyclic) bond motifs is 2. The van der Waals surface area contributed by atoms with Crippen LogP contribution in [0, 0.1) is 11.3 Å². The number of ketones is 1. The number of carbonyl (C=O) groups is 1. The van der Waals surface area contributed by atoms with Crippen molar-refractivity contribution in [1.29, 1.82) is 5.26 Å². The van der Waals surface area contributed by atoms with Crippen molar-refractivity contribution in [2.24, 2.45) is 0 Å². The molecule has 0 unspecified atom stereocenters. The summed E-state index contributed by atoms with van der Waals surface area (Å²) in [5, 5.41) is 14.2. The van der Waals surface area contributed by atoms with E-state index in [0.717, 1.165) is 0 Å². The van der Waals surface area contributed by atoms with Crippen LogP contribution in [-0.4, -0.2) is 15.9 Å². The smallest absolute Gasteiger partial charge is 0.262 e. The molecule has 2 aromatic carbocycles. The highest BCUT2D eigenvalue weighted by Gasteiger charge is 2.23. The minimum atomic E-state index is -0.375. The Morgan fingerprint density at radius 3 is 2.48 bits per heavy atom. The number of nitrogens with zero attached hydrogens (tertiary/aromatic N) is 3. The van der Waals surface area contributed by atoms with Gasteiger partial charge in [-0.3, -0.25) is 4.79 Å². The summed E-state index contributed by atoms with van der Waals surface area (Å²) in [7, 11) is 0. The molecule has 0 aliphatic heterocycles. The van der Waals surface area contributed by atoms with E-state index in [0.29, 0.717) is 10.6 Å². The fourth-order valence-corrected chi connectivity index (χ4v) is 3.08. The molecule has 0 aliphatic rings. The van der Waals surface area contributed by atoms with Crippen LogP contribution in [-0.2, 0) is 0 Å². The number of aromatic nitrogens is 2. The van der Waals surface area contributed by atoms with Crippen LogP contribution in [0.5, 0.6) is 0 Å². The molecule has 0 saturated carbocycles. The Balaban J connectivity index is 2.07. The van der Waals surface area contributed by atoms with Crippen LogP contribution >= 0.6 is 11.6 Å². The number of hydrogen-bond acceptors (Lipinski definition) is 8. The molecule has 4 aromatic rings. The topological polar surface area (TPSA) is 158 Å². The van der Waals surface area contributed by atoms with E-state index >= 15 is 0 Å². The van der Waals surface area contributed by atoms with Crippen LogP contribution in [0.4, 0.5) is 17.2 Å². The van der Waals surface area contributed by atoms with E-state index in [4.69, 9.17) is 33.3 Å². The highest BCUT2D eigenvalue weighted by Crippen LogP contribution is 2.38. The van der Waals surface area contributed by atoms with E-state index in [1.165, 1.54) is 6.07 Å². The number of carbonyl (C=O) groups excluding carboxylic acids is 1. The molecular formula is C18H11ClN6O2. The Morgan fingerprint density at radius 2 is 1.81 bits per heavy atom. The molecule has 6 N–H and O–H groups in total. The van der Waals surface area contributed by atoms with Crippen molar-refractivity contribution < 1.29 is 9.32 Å². The number of rotatable bonds is 2. The van der Waals surface area contributed by atoms with Crippen molar-refractivity contribution in [3.8, 4) is 6.07 Å². The van der Waals surface area contributed by atoms with Gasteiger partial charge in [-0.05, 0) is 30.3 Å². The van der Waals surface area contributed by atoms with Gasteiger partial charge in [-0.25, -0.2) is 4.98 Å². The van der Waals surface area contributed by atoms with Gasteiger partial charge in [0.1, 0.15) is 11.5 Å². The van der Waals surface area contributed by atoms with Gasteiger partial charge in [-0.2, -0.15) is 5.26 Å². The molecule has 0 radical (unpaired) electrons. The molecule has 132 valence electrons. The highest BCUT2D eigenvalue weighted by molar-refractivity contribution is 6.30. The van der Waals surface area contributed by atoms with E-state index in [9.17, 15) is 10.1 Å². The minimum Gasteiger partial charge on any atom is -0.398 e. The fourth-order valence-electron chi connectivity index (χ4n) is 2.96. The molecule has 2 aromatic heterocycles. The molecule has 0 spiro atoms. The van der Waals surface area contributed by atoms with Crippen LogP contribution in [0.2, 0.25) is 5.02 Å². The highest BCUT2D eigenvalue weighted by atomic mass is 35.5. The average Bonchev–Trinajstić information content (AvgIpc) is 3.03. The van der Waals surface area contributed by atoms with Crippen LogP contribution < -0.4 is 17.2 Å². The second-order valence-electron chi connectivity index (χ2n) is 5.83. The van der Waals surface area contributed by atoms with Gasteiger partial charge in [0.2, 0.25) is 0 Å². The molecule has 27 heavy (non-hydrogen) atoms. The summed E-state index contributed by atoms with van der Waals surface area (Å²) in [5.74, 6) is -0.329. The third kappa shape index (κ3) is 2.41. The van der Waals surface area contributed by atoms with Crippen molar-refractivity contribution in [3.63, 3.8) is 0 Å². The molecule has 0 atom stereocenters. The maximum atomic E-state index is 12.9. The second kappa shape index (κ2) is 5.86. The zero-order chi connectivity index (χ0) is 19.3. The van der Waals surface area contributed by atoms with Crippen molar-refractivity contribution >= 4 is 56.6 Å². The van der Waals surface area contributed by atoms with Gasteiger partial charge in [0.05, 0.1) is 22.5 Å². The van der Waals surface area contributed by atoms with Gasteiger partial charge >= 0.3 is 0 Å². The van der Waals surface area contributed by atoms with Gasteiger partial charge < -0.3 is 21.7 Å². The largest absolute Gasteiger partial charge is 0.398 e. The van der Waals surface area contributed by atoms with Gasteiger partial charge in [0.15, 0.2) is 11.6 Å². The lowest BCUT2D eigenvalue weighted by atomic mass is 9.95. The van der Waals surface area contributed by atoms with E-state index < -0.39 is 0 Å². The monoisotopic (exact) mass is 378 g/mol. The van der Waals surface area contributed by atoms with Gasteiger partial charge in [-0.15, -0.1) is 0 Å². The maximum absolute atomic E-state index is 12.9. The number of pyridine rings is 1. The molecule has 0 fully saturated rings. The molecule has 9 heteroatoms. The molecule has 2 heterocycles. The Morgan fingerprint density at radius 1 is 1.11 bits per heavy atom. The SMILES string of the molecule is N#Cc1cc(C(=O)c2ccc(Cl)cc2)c(N)c2c(N)c3c(N)noc3nc12. The lowest BCUT2D eigenvalue weighted by molar-refractivity contribution is 0.103. The molecule has 4 rings (SSSR count). The standard InChI is InChI=1S/C18H11ClN6O2/c19-9-3-1-7(2-4-9)16(26)10-5-8(6-20)15-11(13(10)21)14(22)12-17(23)25-27-18(12)24-15/h1-5H,21H2,(H2,22,24)(H2,23,25).